The Balaban J connectivity index is 2.13. The average Bonchev–Trinajstić information content (AvgIpc) is 2.35. The quantitative estimate of drug-likeness (QED) is 0.683. The van der Waals surface area contributed by atoms with E-state index in [1.54, 1.807) is 0 Å². The van der Waals surface area contributed by atoms with E-state index in [2.05, 4.69) is 6.92 Å². The second-order valence-corrected chi connectivity index (χ2v) is 5.24. The zero-order chi connectivity index (χ0) is 12.4. The molecule has 1 saturated carbocycles. The number of halogens is 2. The van der Waals surface area contributed by atoms with Crippen molar-refractivity contribution in [1.29, 1.82) is 0 Å². The summed E-state index contributed by atoms with van der Waals surface area (Å²) in [6.07, 6.45) is 5.75. The molecule has 0 saturated heterocycles. The maximum atomic E-state index is 13.5. The Bertz CT molecular complexity index is 367. The van der Waals surface area contributed by atoms with Crippen LogP contribution < -0.4 is 0 Å². The van der Waals surface area contributed by atoms with Gasteiger partial charge >= 0.3 is 0 Å². The minimum atomic E-state index is -0.405. The molecule has 0 bridgehead atoms. The molecule has 0 unspecified atom stereocenters. The summed E-state index contributed by atoms with van der Waals surface area (Å²) in [5.74, 6) is 0.351. The molecule has 0 amide bonds. The molecule has 0 spiro atoms. The van der Waals surface area contributed by atoms with Crippen molar-refractivity contribution >= 4 is 0 Å². The van der Waals surface area contributed by atoms with E-state index in [0.717, 1.165) is 24.3 Å². The van der Waals surface area contributed by atoms with Gasteiger partial charge in [-0.2, -0.15) is 0 Å². The summed E-state index contributed by atoms with van der Waals surface area (Å²) in [6.45, 7) is 3.71. The Morgan fingerprint density at radius 2 is 1.59 bits per heavy atom. The summed E-state index contributed by atoms with van der Waals surface area (Å²) in [7, 11) is 0. The summed E-state index contributed by atoms with van der Waals surface area (Å²) in [5.41, 5.74) is 0.983. The van der Waals surface area contributed by atoms with Crippen molar-refractivity contribution in [2.75, 3.05) is 0 Å². The fraction of sp³-hybridized carbons (Fsp3) is 0.600. The molecule has 1 aromatic rings. The van der Waals surface area contributed by atoms with E-state index in [4.69, 9.17) is 0 Å². The molecule has 0 heterocycles. The van der Waals surface area contributed by atoms with Gasteiger partial charge in [-0.15, -0.1) is 0 Å². The maximum absolute atomic E-state index is 13.5. The molecule has 0 aromatic heterocycles. The number of benzene rings is 1. The van der Waals surface area contributed by atoms with Crippen LogP contribution in [-0.2, 0) is 0 Å². The van der Waals surface area contributed by atoms with Crippen molar-refractivity contribution in [3.8, 4) is 0 Å². The van der Waals surface area contributed by atoms with Gasteiger partial charge in [0.25, 0.3) is 0 Å². The Kier molecular flexibility index (Phi) is 3.80. The highest BCUT2D eigenvalue weighted by atomic mass is 19.1. The molecule has 1 aromatic carbocycles. The van der Waals surface area contributed by atoms with Gasteiger partial charge in [-0.1, -0.05) is 13.3 Å². The average molecular weight is 238 g/mol. The maximum Gasteiger partial charge on any atom is 0.129 e. The first kappa shape index (κ1) is 12.5. The molecule has 94 valence electrons. The first-order valence-corrected chi connectivity index (χ1v) is 6.57. The monoisotopic (exact) mass is 238 g/mol. The van der Waals surface area contributed by atoms with Gasteiger partial charge < -0.3 is 0 Å². The lowest BCUT2D eigenvalue weighted by molar-refractivity contribution is 0.318. The first-order valence-electron chi connectivity index (χ1n) is 6.57. The zero-order valence-corrected chi connectivity index (χ0v) is 10.6. The van der Waals surface area contributed by atoms with Crippen LogP contribution in [0, 0.1) is 24.5 Å². The minimum absolute atomic E-state index is 0.135. The van der Waals surface area contributed by atoms with E-state index in [0.29, 0.717) is 5.92 Å². The third-order valence-corrected chi connectivity index (χ3v) is 4.20. The lowest BCUT2D eigenvalue weighted by Gasteiger charge is -2.28. The smallest absolute Gasteiger partial charge is 0.129 e. The predicted molar refractivity (Wildman–Crippen MR) is 66.1 cm³/mol. The number of rotatable bonds is 2. The van der Waals surface area contributed by atoms with E-state index < -0.39 is 11.6 Å². The van der Waals surface area contributed by atoms with Crippen molar-refractivity contribution < 1.29 is 8.78 Å². The largest absolute Gasteiger partial charge is 0.207 e. The zero-order valence-electron chi connectivity index (χ0n) is 10.6. The van der Waals surface area contributed by atoms with Crippen molar-refractivity contribution in [3.05, 3.63) is 34.9 Å². The summed E-state index contributed by atoms with van der Waals surface area (Å²) in [6, 6.07) is 3.05. The number of hydrogen-bond donors (Lipinski definition) is 0. The third-order valence-electron chi connectivity index (χ3n) is 4.20. The van der Waals surface area contributed by atoms with Crippen LogP contribution in [0.2, 0.25) is 0 Å². The van der Waals surface area contributed by atoms with Gasteiger partial charge in [-0.3, -0.25) is 0 Å². The van der Waals surface area contributed by atoms with E-state index in [1.807, 2.05) is 0 Å². The molecule has 0 atom stereocenters. The molecule has 2 rings (SSSR count). The van der Waals surface area contributed by atoms with Crippen molar-refractivity contribution in [3.63, 3.8) is 0 Å². The standard InChI is InChI=1S/C15H20F2/c1-3-11-4-6-12(7-5-11)13-8-14(16)10(2)15(17)9-13/h8-9,11-12H,3-7H2,1-2H3. The molecular weight excluding hydrogens is 218 g/mol. The molecule has 0 aliphatic heterocycles. The fourth-order valence-corrected chi connectivity index (χ4v) is 2.80. The van der Waals surface area contributed by atoms with Gasteiger partial charge in [0.1, 0.15) is 11.6 Å². The van der Waals surface area contributed by atoms with Crippen molar-refractivity contribution in [1.82, 2.24) is 0 Å². The molecule has 0 N–H and O–H groups in total. The molecule has 1 fully saturated rings. The van der Waals surface area contributed by atoms with E-state index >= 15 is 0 Å². The SMILES string of the molecule is CCC1CCC(c2cc(F)c(C)c(F)c2)CC1. The van der Waals surface area contributed by atoms with Crippen LogP contribution in [0.15, 0.2) is 12.1 Å². The highest BCUT2D eigenvalue weighted by Crippen LogP contribution is 2.37. The Hall–Kier alpha value is -0.920. The topological polar surface area (TPSA) is 0 Å². The van der Waals surface area contributed by atoms with Crippen molar-refractivity contribution in [2.24, 2.45) is 5.92 Å². The third kappa shape index (κ3) is 2.67. The lowest BCUT2D eigenvalue weighted by atomic mass is 9.77. The van der Waals surface area contributed by atoms with Crippen LogP contribution >= 0.6 is 0 Å². The molecule has 0 radical (unpaired) electrons. The van der Waals surface area contributed by atoms with E-state index in [9.17, 15) is 8.78 Å². The Morgan fingerprint density at radius 3 is 2.06 bits per heavy atom. The Labute approximate surface area is 102 Å². The van der Waals surface area contributed by atoms with E-state index in [-0.39, 0.29) is 5.56 Å². The van der Waals surface area contributed by atoms with Gasteiger partial charge in [-0.25, -0.2) is 8.78 Å². The molecular formula is C15H20F2. The second-order valence-electron chi connectivity index (χ2n) is 5.24. The molecule has 1 aliphatic rings. The summed E-state index contributed by atoms with van der Waals surface area (Å²) < 4.78 is 27.0. The van der Waals surface area contributed by atoms with Gasteiger partial charge in [0, 0.05) is 5.56 Å². The van der Waals surface area contributed by atoms with Crippen LogP contribution in [-0.4, -0.2) is 0 Å². The summed E-state index contributed by atoms with van der Waals surface area (Å²) in [4.78, 5) is 0. The highest BCUT2D eigenvalue weighted by molar-refractivity contribution is 5.28. The highest BCUT2D eigenvalue weighted by Gasteiger charge is 2.22. The van der Waals surface area contributed by atoms with Crippen molar-refractivity contribution in [2.45, 2.75) is 51.9 Å². The molecule has 0 nitrogen and oxygen atoms in total. The predicted octanol–water partition coefficient (Wildman–Crippen LogP) is 4.96. The van der Waals surface area contributed by atoms with Crippen LogP contribution in [0.5, 0.6) is 0 Å². The van der Waals surface area contributed by atoms with Gasteiger partial charge in [-0.05, 0) is 62.1 Å². The minimum Gasteiger partial charge on any atom is -0.207 e. The first-order chi connectivity index (χ1) is 8.11. The normalized spacial score (nSPS) is 24.9. The molecule has 17 heavy (non-hydrogen) atoms. The fourth-order valence-electron chi connectivity index (χ4n) is 2.80. The van der Waals surface area contributed by atoms with Gasteiger partial charge in [0.05, 0.1) is 0 Å². The van der Waals surface area contributed by atoms with Crippen LogP contribution in [0.3, 0.4) is 0 Å². The second kappa shape index (κ2) is 5.16. The molecule has 1 aliphatic carbocycles. The Morgan fingerprint density at radius 1 is 1.06 bits per heavy atom. The lowest BCUT2D eigenvalue weighted by Crippen LogP contribution is -2.13. The number of hydrogen-bond acceptors (Lipinski definition) is 0. The van der Waals surface area contributed by atoms with Gasteiger partial charge in [0.15, 0.2) is 0 Å². The summed E-state index contributed by atoms with van der Waals surface area (Å²) >= 11 is 0. The van der Waals surface area contributed by atoms with Gasteiger partial charge in [0.2, 0.25) is 0 Å². The van der Waals surface area contributed by atoms with Crippen LogP contribution in [0.1, 0.15) is 56.1 Å². The van der Waals surface area contributed by atoms with E-state index in [1.165, 1.54) is 38.3 Å². The van der Waals surface area contributed by atoms with Crippen LogP contribution in [0.25, 0.3) is 0 Å². The summed E-state index contributed by atoms with van der Waals surface area (Å²) in [5, 5.41) is 0. The van der Waals surface area contributed by atoms with Crippen LogP contribution in [0.4, 0.5) is 8.78 Å². The molecule has 2 heteroatoms.